The van der Waals surface area contributed by atoms with Gasteiger partial charge in [-0.05, 0) is 36.6 Å². The first-order valence-electron chi connectivity index (χ1n) is 11.0. The topological polar surface area (TPSA) is 119 Å². The molecule has 0 aliphatic heterocycles. The van der Waals surface area contributed by atoms with Crippen LogP contribution in [0.4, 0.5) is 0 Å². The fourth-order valence-electron chi connectivity index (χ4n) is 4.09. The number of ether oxygens (including phenoxy) is 2. The van der Waals surface area contributed by atoms with Gasteiger partial charge < -0.3 is 19.9 Å². The van der Waals surface area contributed by atoms with Gasteiger partial charge in [-0.1, -0.05) is 36.9 Å². The van der Waals surface area contributed by atoms with Crippen LogP contribution in [-0.2, 0) is 16.1 Å². The highest BCUT2D eigenvalue weighted by atomic mass is 35.5. The molecule has 0 bridgehead atoms. The average Bonchev–Trinajstić information content (AvgIpc) is 2.88. The summed E-state index contributed by atoms with van der Waals surface area (Å²) >= 11 is 6.43. The molecule has 34 heavy (non-hydrogen) atoms. The first-order valence-corrected chi connectivity index (χ1v) is 11.4. The summed E-state index contributed by atoms with van der Waals surface area (Å²) in [7, 11) is 3.12. The van der Waals surface area contributed by atoms with Gasteiger partial charge in [0.05, 0.1) is 12.1 Å². The largest absolute Gasteiger partial charge is 0.481 e. The number of nitrogens with zero attached hydrogens (tertiary/aromatic N) is 4. The normalized spacial score (nSPS) is 15.0. The number of aromatic hydroxyl groups is 1. The Morgan fingerprint density at radius 3 is 2.53 bits per heavy atom. The summed E-state index contributed by atoms with van der Waals surface area (Å²) in [5.74, 6) is 0.783. The molecule has 1 aliphatic carbocycles. The van der Waals surface area contributed by atoms with Crippen LogP contribution in [0.2, 0.25) is 5.02 Å². The van der Waals surface area contributed by atoms with Gasteiger partial charge in [0, 0.05) is 37.0 Å². The van der Waals surface area contributed by atoms with Gasteiger partial charge in [-0.25, -0.2) is 9.97 Å². The van der Waals surface area contributed by atoms with E-state index in [4.69, 9.17) is 21.1 Å². The average molecular weight is 484 g/mol. The number of benzene rings is 1. The molecule has 178 valence electrons. The number of nitrogens with one attached hydrogen (secondary N) is 1. The number of hydrogen-bond donors (Lipinski definition) is 2. The quantitative estimate of drug-likeness (QED) is 0.518. The van der Waals surface area contributed by atoms with Crippen molar-refractivity contribution in [2.24, 2.45) is 0 Å². The Bertz CT molecular complexity index is 1170. The summed E-state index contributed by atoms with van der Waals surface area (Å²) in [4.78, 5) is 29.6. The summed E-state index contributed by atoms with van der Waals surface area (Å²) in [6, 6.07) is 8.28. The second-order valence-electron chi connectivity index (χ2n) is 8.13. The third kappa shape index (κ3) is 5.10. The van der Waals surface area contributed by atoms with Crippen molar-refractivity contribution >= 4 is 17.5 Å². The number of halogens is 1. The zero-order valence-corrected chi connectivity index (χ0v) is 19.8. The number of amides is 1. The highest BCUT2D eigenvalue weighted by Crippen LogP contribution is 2.32. The maximum absolute atomic E-state index is 12.9. The van der Waals surface area contributed by atoms with Crippen LogP contribution in [0.1, 0.15) is 37.7 Å². The Balaban J connectivity index is 1.57. The van der Waals surface area contributed by atoms with E-state index in [0.717, 1.165) is 24.8 Å². The molecule has 0 spiro atoms. The molecule has 1 saturated carbocycles. The molecule has 4 rings (SSSR count). The molecular weight excluding hydrogens is 458 g/mol. The zero-order valence-electron chi connectivity index (χ0n) is 19.0. The standard InChI is InChI=1S/C24H26ClN5O4/c1-33-19-9-7-16(14-26-19)20-28-21(30-23(32)29-20)17-12-15(6-8-18(17)25)13-27-22(31)24(34-2)10-4-3-5-11-24/h6-9,12,14H,3-5,10-11,13H2,1-2H3,(H,27,31)(H,28,29,30,32). The van der Waals surface area contributed by atoms with Crippen molar-refractivity contribution in [1.82, 2.24) is 25.3 Å². The highest BCUT2D eigenvalue weighted by molar-refractivity contribution is 6.33. The Morgan fingerprint density at radius 1 is 1.09 bits per heavy atom. The van der Waals surface area contributed by atoms with E-state index in [1.807, 2.05) is 6.07 Å². The Morgan fingerprint density at radius 2 is 1.85 bits per heavy atom. The highest BCUT2D eigenvalue weighted by Gasteiger charge is 2.39. The number of aromatic nitrogens is 4. The van der Waals surface area contributed by atoms with E-state index in [-0.39, 0.29) is 17.6 Å². The van der Waals surface area contributed by atoms with Crippen molar-refractivity contribution in [3.63, 3.8) is 0 Å². The number of carbonyl (C=O) groups is 1. The van der Waals surface area contributed by atoms with Crippen LogP contribution in [0.15, 0.2) is 36.5 Å². The lowest BCUT2D eigenvalue weighted by Gasteiger charge is -2.34. The van der Waals surface area contributed by atoms with Gasteiger partial charge >= 0.3 is 6.01 Å². The van der Waals surface area contributed by atoms with Gasteiger partial charge in [-0.15, -0.1) is 0 Å². The van der Waals surface area contributed by atoms with Crippen LogP contribution in [-0.4, -0.2) is 50.8 Å². The Kier molecular flexibility index (Phi) is 7.23. The third-order valence-electron chi connectivity index (χ3n) is 6.02. The lowest BCUT2D eigenvalue weighted by molar-refractivity contribution is -0.147. The maximum Gasteiger partial charge on any atom is 0.318 e. The van der Waals surface area contributed by atoms with E-state index in [1.54, 1.807) is 37.6 Å². The molecule has 0 atom stereocenters. The van der Waals surface area contributed by atoms with Crippen LogP contribution in [0.3, 0.4) is 0 Å². The van der Waals surface area contributed by atoms with Gasteiger partial charge in [-0.2, -0.15) is 9.97 Å². The molecule has 1 fully saturated rings. The van der Waals surface area contributed by atoms with Crippen LogP contribution >= 0.6 is 11.6 Å². The summed E-state index contributed by atoms with van der Waals surface area (Å²) in [5.41, 5.74) is 1.13. The molecular formula is C24H26ClN5O4. The minimum absolute atomic E-state index is 0.113. The number of pyridine rings is 1. The fraction of sp³-hybridized carbons (Fsp3) is 0.375. The predicted octanol–water partition coefficient (Wildman–Crippen LogP) is 3.93. The summed E-state index contributed by atoms with van der Waals surface area (Å²) < 4.78 is 10.7. The first-order chi connectivity index (χ1) is 16.4. The molecule has 0 radical (unpaired) electrons. The van der Waals surface area contributed by atoms with Crippen molar-refractivity contribution in [1.29, 1.82) is 0 Å². The molecule has 1 aliphatic rings. The number of methoxy groups -OCH3 is 2. The molecule has 1 amide bonds. The fourth-order valence-corrected chi connectivity index (χ4v) is 4.29. The van der Waals surface area contributed by atoms with Gasteiger partial charge in [0.25, 0.3) is 5.91 Å². The first kappa shape index (κ1) is 23.8. The molecule has 0 unspecified atom stereocenters. The van der Waals surface area contributed by atoms with Gasteiger partial charge in [-0.3, -0.25) is 4.79 Å². The van der Waals surface area contributed by atoms with E-state index in [0.29, 0.717) is 41.4 Å². The molecule has 2 aromatic heterocycles. The summed E-state index contributed by atoms with van der Waals surface area (Å²) in [6.45, 7) is 0.292. The lowest BCUT2D eigenvalue weighted by atomic mass is 9.84. The van der Waals surface area contributed by atoms with Gasteiger partial charge in [0.15, 0.2) is 11.6 Å². The SMILES string of the molecule is COc1ccc(-c2nc(O)nc(-c3cc(CNC(=O)C4(OC)CCCCC4)ccc3Cl)n2)cn1. The summed E-state index contributed by atoms with van der Waals surface area (Å²) in [6.07, 6.45) is 6.04. The van der Waals surface area contributed by atoms with Crippen LogP contribution < -0.4 is 10.1 Å². The second kappa shape index (κ2) is 10.3. The molecule has 1 aromatic carbocycles. The monoisotopic (exact) mass is 483 g/mol. The number of rotatable bonds is 7. The van der Waals surface area contributed by atoms with E-state index in [1.165, 1.54) is 7.11 Å². The Labute approximate surface area is 202 Å². The van der Waals surface area contributed by atoms with Crippen molar-refractivity contribution in [2.45, 2.75) is 44.2 Å². The Hall–Kier alpha value is -3.30. The lowest BCUT2D eigenvalue weighted by Crippen LogP contribution is -2.49. The molecule has 9 nitrogen and oxygen atoms in total. The molecule has 0 saturated heterocycles. The maximum atomic E-state index is 12.9. The predicted molar refractivity (Wildman–Crippen MR) is 126 cm³/mol. The minimum atomic E-state index is -0.769. The van der Waals surface area contributed by atoms with Crippen LogP contribution in [0.25, 0.3) is 22.8 Å². The third-order valence-corrected chi connectivity index (χ3v) is 6.35. The van der Waals surface area contributed by atoms with E-state index < -0.39 is 11.6 Å². The van der Waals surface area contributed by atoms with Crippen molar-refractivity contribution in [2.75, 3.05) is 14.2 Å². The molecule has 2 N–H and O–H groups in total. The van der Waals surface area contributed by atoms with E-state index >= 15 is 0 Å². The number of hydrogen-bond acceptors (Lipinski definition) is 8. The van der Waals surface area contributed by atoms with Crippen molar-refractivity contribution in [3.8, 4) is 34.7 Å². The van der Waals surface area contributed by atoms with E-state index in [2.05, 4.69) is 25.3 Å². The molecule has 3 aromatic rings. The minimum Gasteiger partial charge on any atom is -0.481 e. The molecule has 2 heterocycles. The van der Waals surface area contributed by atoms with E-state index in [9.17, 15) is 9.90 Å². The van der Waals surface area contributed by atoms with Gasteiger partial charge in [0.1, 0.15) is 5.60 Å². The second-order valence-corrected chi connectivity index (χ2v) is 8.54. The van der Waals surface area contributed by atoms with Crippen molar-refractivity contribution < 1.29 is 19.4 Å². The number of carbonyl (C=O) groups excluding carboxylic acids is 1. The van der Waals surface area contributed by atoms with Crippen molar-refractivity contribution in [3.05, 3.63) is 47.1 Å². The van der Waals surface area contributed by atoms with Crippen LogP contribution in [0, 0.1) is 0 Å². The zero-order chi connectivity index (χ0) is 24.1. The van der Waals surface area contributed by atoms with Crippen LogP contribution in [0.5, 0.6) is 11.9 Å². The smallest absolute Gasteiger partial charge is 0.318 e. The van der Waals surface area contributed by atoms with Gasteiger partial charge in [0.2, 0.25) is 5.88 Å². The molecule has 10 heteroatoms. The summed E-state index contributed by atoms with van der Waals surface area (Å²) in [5, 5.41) is 13.5.